The molecule has 0 aliphatic carbocycles. The monoisotopic (exact) mass is 306 g/mol. The number of amides is 1. The second kappa shape index (κ2) is 8.22. The third-order valence-electron chi connectivity index (χ3n) is 2.13. The van der Waals surface area contributed by atoms with E-state index in [-0.39, 0.29) is 22.9 Å². The van der Waals surface area contributed by atoms with Crippen LogP contribution in [0.3, 0.4) is 0 Å². The molecule has 0 bridgehead atoms. The molecular weight excluding hydrogens is 285 g/mol. The van der Waals surface area contributed by atoms with E-state index in [1.807, 2.05) is 51.1 Å². The largest absolute Gasteiger partial charge is 0.444 e. The third-order valence-corrected chi connectivity index (χ3v) is 2.13. The Morgan fingerprint density at radius 3 is 2.37 bits per heavy atom. The maximum absolute atomic E-state index is 12.0. The molecule has 1 amide bonds. The molecule has 3 nitrogen and oxygen atoms in total. The summed E-state index contributed by atoms with van der Waals surface area (Å²) in [6.07, 6.45) is 0.303. The summed E-state index contributed by atoms with van der Waals surface area (Å²) in [6.45, 7) is 11.7. The van der Waals surface area contributed by atoms with Crippen molar-refractivity contribution in [3.63, 3.8) is 0 Å². The Morgan fingerprint density at radius 1 is 1.32 bits per heavy atom. The molecule has 0 aromatic heterocycles. The van der Waals surface area contributed by atoms with Crippen molar-refractivity contribution in [2.24, 2.45) is 0 Å². The molecule has 0 heterocycles. The van der Waals surface area contributed by atoms with Gasteiger partial charge >= 0.3 is 6.09 Å². The van der Waals surface area contributed by atoms with Crippen molar-refractivity contribution < 1.29 is 26.3 Å². The number of nitrogens with zero attached hydrogens (tertiary/aromatic N) is 1. The predicted octanol–water partition coefficient (Wildman–Crippen LogP) is 3.66. The van der Waals surface area contributed by atoms with Gasteiger partial charge in [0.05, 0.1) is 6.54 Å². The van der Waals surface area contributed by atoms with E-state index < -0.39 is 5.60 Å². The maximum Gasteiger partial charge on any atom is 0.410 e. The average Bonchev–Trinajstić information content (AvgIpc) is 2.27. The van der Waals surface area contributed by atoms with Gasteiger partial charge in [-0.1, -0.05) is 30.3 Å². The van der Waals surface area contributed by atoms with Crippen LogP contribution in [0.25, 0.3) is 0 Å². The number of benzene rings is 1. The predicted molar refractivity (Wildman–Crippen MR) is 72.8 cm³/mol. The van der Waals surface area contributed by atoms with E-state index in [2.05, 4.69) is 6.92 Å². The molecule has 0 atom stereocenters. The molecule has 4 heteroatoms. The van der Waals surface area contributed by atoms with Gasteiger partial charge in [0.25, 0.3) is 0 Å². The third kappa shape index (κ3) is 7.23. The van der Waals surface area contributed by atoms with Crippen LogP contribution in [0.4, 0.5) is 4.79 Å². The zero-order valence-electron chi connectivity index (χ0n) is 11.7. The van der Waals surface area contributed by atoms with Crippen LogP contribution in [-0.4, -0.2) is 23.1 Å². The summed E-state index contributed by atoms with van der Waals surface area (Å²) in [5, 5.41) is 0. The first-order valence-electron chi connectivity index (χ1n) is 6.11. The summed E-state index contributed by atoms with van der Waals surface area (Å²) in [7, 11) is 0. The molecule has 0 saturated carbocycles. The van der Waals surface area contributed by atoms with Crippen LogP contribution in [0.1, 0.15) is 32.8 Å². The molecule has 0 aliphatic rings. The first-order valence-corrected chi connectivity index (χ1v) is 6.11. The van der Waals surface area contributed by atoms with Crippen LogP contribution in [0.2, 0.25) is 0 Å². The van der Waals surface area contributed by atoms with E-state index in [1.165, 1.54) is 0 Å². The minimum absolute atomic E-state index is 0. The number of rotatable bonds is 4. The van der Waals surface area contributed by atoms with E-state index in [0.717, 1.165) is 5.56 Å². The van der Waals surface area contributed by atoms with Crippen LogP contribution < -0.4 is 0 Å². The maximum atomic E-state index is 12.0. The Balaban J connectivity index is 0.00000324. The number of hydrogen-bond donors (Lipinski definition) is 0. The minimum Gasteiger partial charge on any atom is -0.444 e. The molecule has 0 aliphatic heterocycles. The Hall–Kier alpha value is -1.00. The SMILES string of the molecule is [CH2-]CCN([CH]c1ccccc1)C(=O)OC(C)(C)C.[Co]. The van der Waals surface area contributed by atoms with E-state index in [9.17, 15) is 4.79 Å². The number of hydrogen-bond acceptors (Lipinski definition) is 2. The van der Waals surface area contributed by atoms with E-state index >= 15 is 0 Å². The van der Waals surface area contributed by atoms with Crippen molar-refractivity contribution in [2.45, 2.75) is 32.8 Å². The van der Waals surface area contributed by atoms with Gasteiger partial charge in [-0.25, -0.2) is 4.79 Å². The fourth-order valence-electron chi connectivity index (χ4n) is 1.42. The van der Waals surface area contributed by atoms with Gasteiger partial charge in [-0.3, -0.25) is 0 Å². The van der Waals surface area contributed by atoms with Crippen molar-refractivity contribution in [3.05, 3.63) is 49.4 Å². The molecule has 0 saturated heterocycles. The van der Waals surface area contributed by atoms with Crippen molar-refractivity contribution in [1.29, 1.82) is 0 Å². The van der Waals surface area contributed by atoms with E-state index in [0.29, 0.717) is 13.0 Å². The van der Waals surface area contributed by atoms with Crippen molar-refractivity contribution >= 4 is 6.09 Å². The number of carbonyl (C=O) groups excluding carboxylic acids is 1. The molecule has 2 radical (unpaired) electrons. The molecule has 1 rings (SSSR count). The Labute approximate surface area is 126 Å². The first kappa shape index (κ1) is 18.0. The summed E-state index contributed by atoms with van der Waals surface area (Å²) >= 11 is 0. The quantitative estimate of drug-likeness (QED) is 0.795. The number of carbonyl (C=O) groups is 1. The molecular formula is C15H21CoNO2-. The fraction of sp³-hybridized carbons (Fsp3) is 0.400. The standard InChI is InChI=1S/C15H21NO2.Co/c1-5-11-16(14(17)18-15(2,3)4)12-13-9-7-6-8-10-13;/h6-10,12H,1,5,11H2,2-4H3;/q-1;. The summed E-state index contributed by atoms with van der Waals surface area (Å²) in [5.74, 6) is 0. The zero-order valence-corrected chi connectivity index (χ0v) is 12.7. The topological polar surface area (TPSA) is 29.5 Å². The molecule has 108 valence electrons. The van der Waals surface area contributed by atoms with Gasteiger partial charge in [-0.05, 0) is 32.9 Å². The zero-order chi connectivity index (χ0) is 13.6. The van der Waals surface area contributed by atoms with Gasteiger partial charge in [0, 0.05) is 16.8 Å². The van der Waals surface area contributed by atoms with Crippen LogP contribution in [0, 0.1) is 13.5 Å². The Bertz CT molecular complexity index is 373. The van der Waals surface area contributed by atoms with E-state index in [1.54, 1.807) is 11.4 Å². The summed E-state index contributed by atoms with van der Waals surface area (Å²) in [4.78, 5) is 13.6. The smallest absolute Gasteiger partial charge is 0.410 e. The van der Waals surface area contributed by atoms with Crippen molar-refractivity contribution in [1.82, 2.24) is 4.90 Å². The first-order chi connectivity index (χ1) is 8.42. The van der Waals surface area contributed by atoms with E-state index in [4.69, 9.17) is 4.74 Å². The summed E-state index contributed by atoms with van der Waals surface area (Å²) in [6, 6.07) is 9.70. The number of ether oxygens (including phenoxy) is 1. The second-order valence-corrected chi connectivity index (χ2v) is 5.07. The molecule has 0 N–H and O–H groups in total. The van der Waals surface area contributed by atoms with Crippen LogP contribution in [-0.2, 0) is 21.5 Å². The van der Waals surface area contributed by atoms with Gasteiger partial charge in [0.1, 0.15) is 5.60 Å². The van der Waals surface area contributed by atoms with Crippen LogP contribution >= 0.6 is 0 Å². The molecule has 1 aromatic rings. The summed E-state index contributed by atoms with van der Waals surface area (Å²) < 4.78 is 5.35. The van der Waals surface area contributed by atoms with Gasteiger partial charge in [0.15, 0.2) is 0 Å². The van der Waals surface area contributed by atoms with Crippen LogP contribution in [0.15, 0.2) is 30.3 Å². The Morgan fingerprint density at radius 2 is 1.89 bits per heavy atom. The van der Waals surface area contributed by atoms with Gasteiger partial charge in [-0.15, -0.1) is 0 Å². The van der Waals surface area contributed by atoms with Gasteiger partial charge < -0.3 is 16.6 Å². The normalized spacial score (nSPS) is 10.5. The van der Waals surface area contributed by atoms with Gasteiger partial charge in [0.2, 0.25) is 0 Å². The molecule has 19 heavy (non-hydrogen) atoms. The van der Waals surface area contributed by atoms with Crippen molar-refractivity contribution in [2.75, 3.05) is 6.54 Å². The molecule has 1 aromatic carbocycles. The Kier molecular flexibility index (Phi) is 7.79. The molecule has 0 spiro atoms. The van der Waals surface area contributed by atoms with Crippen molar-refractivity contribution in [3.8, 4) is 0 Å². The van der Waals surface area contributed by atoms with Crippen LogP contribution in [0.5, 0.6) is 0 Å². The average molecular weight is 306 g/mol. The molecule has 0 unspecified atom stereocenters. The summed E-state index contributed by atoms with van der Waals surface area (Å²) in [5.41, 5.74) is 0.484. The van der Waals surface area contributed by atoms with Gasteiger partial charge in [-0.2, -0.15) is 6.42 Å². The second-order valence-electron chi connectivity index (χ2n) is 5.07. The minimum atomic E-state index is -0.485. The molecule has 0 fully saturated rings. The fourth-order valence-corrected chi connectivity index (χ4v) is 1.42.